The Morgan fingerprint density at radius 3 is 2.42 bits per heavy atom. The highest BCUT2D eigenvalue weighted by Gasteiger charge is 2.14. The van der Waals surface area contributed by atoms with Gasteiger partial charge in [0, 0.05) is 6.61 Å². The zero-order valence-electron chi connectivity index (χ0n) is 7.44. The second-order valence-electron chi connectivity index (χ2n) is 2.72. The van der Waals surface area contributed by atoms with Crippen LogP contribution in [0, 0.1) is 0 Å². The van der Waals surface area contributed by atoms with Gasteiger partial charge in [0.1, 0.15) is 6.10 Å². The van der Waals surface area contributed by atoms with Crippen LogP contribution in [0.1, 0.15) is 26.2 Å². The van der Waals surface area contributed by atoms with E-state index in [9.17, 15) is 0 Å². The van der Waals surface area contributed by atoms with Crippen molar-refractivity contribution in [3.63, 3.8) is 0 Å². The fraction of sp³-hybridized carbons (Fsp3) is 1.00. The van der Waals surface area contributed by atoms with Crippen molar-refractivity contribution in [2.45, 2.75) is 38.6 Å². The van der Waals surface area contributed by atoms with Gasteiger partial charge >= 0.3 is 0 Å². The Morgan fingerprint density at radius 1 is 1.25 bits per heavy atom. The first kappa shape index (κ1) is 11.8. The molecule has 0 spiro atoms. The number of ether oxygens (including phenoxy) is 1. The Morgan fingerprint density at radius 2 is 1.92 bits per heavy atom. The van der Waals surface area contributed by atoms with Crippen LogP contribution >= 0.6 is 0 Å². The van der Waals surface area contributed by atoms with Gasteiger partial charge in [-0.1, -0.05) is 19.8 Å². The molecule has 0 fully saturated rings. The van der Waals surface area contributed by atoms with Crippen molar-refractivity contribution >= 4 is 0 Å². The zero-order valence-corrected chi connectivity index (χ0v) is 7.44. The van der Waals surface area contributed by atoms with Crippen LogP contribution in [0.4, 0.5) is 0 Å². The minimum absolute atomic E-state index is 0.423. The van der Waals surface area contributed by atoms with Gasteiger partial charge in [0.15, 0.2) is 6.29 Å². The van der Waals surface area contributed by atoms with E-state index in [2.05, 4.69) is 6.92 Å². The lowest BCUT2D eigenvalue weighted by atomic mass is 10.3. The third-order valence-electron chi connectivity index (χ3n) is 1.55. The maximum absolute atomic E-state index is 8.98. The molecule has 0 rings (SSSR count). The monoisotopic (exact) mass is 178 g/mol. The Labute approximate surface area is 72.8 Å². The molecular weight excluding hydrogens is 160 g/mol. The van der Waals surface area contributed by atoms with Crippen molar-refractivity contribution in [3.05, 3.63) is 0 Å². The molecule has 0 saturated heterocycles. The zero-order chi connectivity index (χ0) is 9.40. The predicted molar refractivity (Wildman–Crippen MR) is 44.6 cm³/mol. The van der Waals surface area contributed by atoms with Gasteiger partial charge in [-0.15, -0.1) is 0 Å². The van der Waals surface area contributed by atoms with Crippen LogP contribution in [0.5, 0.6) is 0 Å². The number of rotatable bonds is 7. The molecule has 4 heteroatoms. The topological polar surface area (TPSA) is 69.9 Å². The van der Waals surface area contributed by atoms with Crippen molar-refractivity contribution in [2.24, 2.45) is 0 Å². The van der Waals surface area contributed by atoms with E-state index in [1.807, 2.05) is 0 Å². The summed E-state index contributed by atoms with van der Waals surface area (Å²) in [5, 5.41) is 26.3. The molecule has 0 saturated carbocycles. The highest BCUT2D eigenvalue weighted by molar-refractivity contribution is 4.54. The molecule has 0 amide bonds. The number of aliphatic hydroxyl groups excluding tert-OH is 3. The van der Waals surface area contributed by atoms with Crippen LogP contribution in [0.25, 0.3) is 0 Å². The fourth-order valence-electron chi connectivity index (χ4n) is 0.757. The summed E-state index contributed by atoms with van der Waals surface area (Å²) in [5.74, 6) is 0. The molecule has 0 aliphatic heterocycles. The van der Waals surface area contributed by atoms with Crippen LogP contribution in [-0.4, -0.2) is 40.9 Å². The van der Waals surface area contributed by atoms with Gasteiger partial charge in [0.2, 0.25) is 0 Å². The maximum atomic E-state index is 8.98. The van der Waals surface area contributed by atoms with E-state index in [4.69, 9.17) is 20.1 Å². The Bertz CT molecular complexity index is 97.1. The van der Waals surface area contributed by atoms with Gasteiger partial charge in [0.25, 0.3) is 0 Å². The fourth-order valence-corrected chi connectivity index (χ4v) is 0.757. The lowest BCUT2D eigenvalue weighted by Gasteiger charge is -2.15. The highest BCUT2D eigenvalue weighted by Crippen LogP contribution is 1.99. The molecule has 2 atom stereocenters. The van der Waals surface area contributed by atoms with E-state index in [0.29, 0.717) is 6.61 Å². The molecule has 0 aliphatic carbocycles. The first-order valence-corrected chi connectivity index (χ1v) is 4.31. The van der Waals surface area contributed by atoms with E-state index in [1.165, 1.54) is 0 Å². The molecule has 0 aromatic heterocycles. The first-order valence-electron chi connectivity index (χ1n) is 4.31. The Balaban J connectivity index is 3.24. The molecule has 12 heavy (non-hydrogen) atoms. The summed E-state index contributed by atoms with van der Waals surface area (Å²) in [6.07, 6.45) is 0.550. The molecular formula is C8H18O4. The lowest BCUT2D eigenvalue weighted by molar-refractivity contribution is -0.171. The summed E-state index contributed by atoms with van der Waals surface area (Å²) in [4.78, 5) is 0. The van der Waals surface area contributed by atoms with Crippen molar-refractivity contribution in [3.8, 4) is 0 Å². The number of unbranched alkanes of at least 4 members (excludes halogenated alkanes) is 2. The SMILES string of the molecule is CCCCCOC(O)C(O)CO. The van der Waals surface area contributed by atoms with Crippen molar-refractivity contribution < 1.29 is 20.1 Å². The van der Waals surface area contributed by atoms with Gasteiger partial charge in [-0.05, 0) is 6.42 Å². The second-order valence-corrected chi connectivity index (χ2v) is 2.72. The summed E-state index contributed by atoms with van der Waals surface area (Å²) in [7, 11) is 0. The van der Waals surface area contributed by atoms with Crippen molar-refractivity contribution in [1.82, 2.24) is 0 Å². The van der Waals surface area contributed by atoms with Gasteiger partial charge in [-0.3, -0.25) is 0 Å². The van der Waals surface area contributed by atoms with Crippen LogP contribution in [0.3, 0.4) is 0 Å². The molecule has 74 valence electrons. The maximum Gasteiger partial charge on any atom is 0.183 e. The first-order chi connectivity index (χ1) is 5.72. The molecule has 3 N–H and O–H groups in total. The molecule has 2 unspecified atom stereocenters. The average molecular weight is 178 g/mol. The summed E-state index contributed by atoms with van der Waals surface area (Å²) in [5.41, 5.74) is 0. The van der Waals surface area contributed by atoms with E-state index in [-0.39, 0.29) is 0 Å². The normalized spacial score (nSPS) is 16.0. The number of aliphatic hydroxyl groups is 3. The van der Waals surface area contributed by atoms with E-state index < -0.39 is 19.0 Å². The van der Waals surface area contributed by atoms with Crippen LogP contribution in [-0.2, 0) is 4.74 Å². The average Bonchev–Trinajstić information content (AvgIpc) is 2.10. The summed E-state index contributed by atoms with van der Waals surface area (Å²) in [6.45, 7) is 2.01. The Kier molecular flexibility index (Phi) is 7.39. The molecule has 0 aromatic carbocycles. The van der Waals surface area contributed by atoms with Crippen molar-refractivity contribution in [2.75, 3.05) is 13.2 Å². The minimum atomic E-state index is -1.26. The van der Waals surface area contributed by atoms with Crippen LogP contribution < -0.4 is 0 Å². The van der Waals surface area contributed by atoms with Crippen LogP contribution in [0.15, 0.2) is 0 Å². The molecule has 0 aromatic rings. The molecule has 0 heterocycles. The minimum Gasteiger partial charge on any atom is -0.393 e. The summed E-state index contributed by atoms with van der Waals surface area (Å²) in [6, 6.07) is 0. The number of hydrogen-bond acceptors (Lipinski definition) is 4. The molecule has 4 nitrogen and oxygen atoms in total. The summed E-state index contributed by atoms with van der Waals surface area (Å²) >= 11 is 0. The smallest absolute Gasteiger partial charge is 0.183 e. The predicted octanol–water partition coefficient (Wildman–Crippen LogP) is -0.135. The van der Waals surface area contributed by atoms with E-state index in [0.717, 1.165) is 19.3 Å². The van der Waals surface area contributed by atoms with Gasteiger partial charge < -0.3 is 20.1 Å². The quantitative estimate of drug-likeness (QED) is 0.375. The van der Waals surface area contributed by atoms with Gasteiger partial charge in [0.05, 0.1) is 6.61 Å². The van der Waals surface area contributed by atoms with Gasteiger partial charge in [-0.25, -0.2) is 0 Å². The Hall–Kier alpha value is -0.160. The lowest BCUT2D eigenvalue weighted by Crippen LogP contribution is -2.31. The van der Waals surface area contributed by atoms with Crippen LogP contribution in [0.2, 0.25) is 0 Å². The van der Waals surface area contributed by atoms with Gasteiger partial charge in [-0.2, -0.15) is 0 Å². The molecule has 0 aliphatic rings. The highest BCUT2D eigenvalue weighted by atomic mass is 16.6. The largest absolute Gasteiger partial charge is 0.393 e. The second kappa shape index (κ2) is 7.49. The standard InChI is InChI=1S/C8H18O4/c1-2-3-4-5-12-8(11)7(10)6-9/h7-11H,2-6H2,1H3. The number of hydrogen-bond donors (Lipinski definition) is 3. The van der Waals surface area contributed by atoms with E-state index in [1.54, 1.807) is 0 Å². The molecule has 0 radical (unpaired) electrons. The van der Waals surface area contributed by atoms with E-state index >= 15 is 0 Å². The molecule has 0 bridgehead atoms. The summed E-state index contributed by atoms with van der Waals surface area (Å²) < 4.78 is 4.84. The third-order valence-corrected chi connectivity index (χ3v) is 1.55. The third kappa shape index (κ3) is 5.49. The van der Waals surface area contributed by atoms with Crippen molar-refractivity contribution in [1.29, 1.82) is 0 Å².